The van der Waals surface area contributed by atoms with Crippen molar-refractivity contribution in [2.24, 2.45) is 11.8 Å². The lowest BCUT2D eigenvalue weighted by Gasteiger charge is -2.26. The van der Waals surface area contributed by atoms with Crippen LogP contribution in [0, 0.1) is 31.5 Å². The van der Waals surface area contributed by atoms with Crippen LogP contribution in [0.4, 0.5) is 10.1 Å². The molecule has 0 radical (unpaired) electrons. The van der Waals surface area contributed by atoms with Crippen LogP contribution in [0.3, 0.4) is 0 Å². The minimum atomic E-state index is -1.46. The summed E-state index contributed by atoms with van der Waals surface area (Å²) in [6.45, 7) is 4.23. The van der Waals surface area contributed by atoms with E-state index in [1.165, 1.54) is 18.2 Å². The first-order valence-corrected chi connectivity index (χ1v) is 13.3. The molecule has 3 aliphatic heterocycles. The van der Waals surface area contributed by atoms with Gasteiger partial charge in [0, 0.05) is 17.3 Å². The van der Waals surface area contributed by atoms with Gasteiger partial charge in [-0.3, -0.25) is 14.4 Å². The predicted molar refractivity (Wildman–Crippen MR) is 138 cm³/mol. The Morgan fingerprint density at radius 3 is 2.55 bits per heavy atom. The van der Waals surface area contributed by atoms with Crippen molar-refractivity contribution in [1.29, 1.82) is 0 Å². The number of anilines is 1. The molecule has 3 heterocycles. The Balaban J connectivity index is 1.28. The van der Waals surface area contributed by atoms with E-state index >= 15 is 0 Å². The van der Waals surface area contributed by atoms with Crippen LogP contribution < -0.4 is 10.2 Å². The highest BCUT2D eigenvalue weighted by Gasteiger charge is 2.67. The van der Waals surface area contributed by atoms with E-state index in [1.807, 2.05) is 38.1 Å². The topological polar surface area (TPSA) is 84.9 Å². The number of hydrogen-bond donors (Lipinski definition) is 1. The zero-order valence-corrected chi connectivity index (χ0v) is 21.5. The van der Waals surface area contributed by atoms with Crippen molar-refractivity contribution in [2.45, 2.75) is 63.4 Å². The highest BCUT2D eigenvalue weighted by atomic mass is 19.1. The monoisotopic (exact) mass is 518 g/mol. The Hall–Kier alpha value is -3.52. The highest BCUT2D eigenvalue weighted by molar-refractivity contribution is 6.03. The van der Waals surface area contributed by atoms with Gasteiger partial charge in [-0.05, 0) is 56.0 Å². The molecule has 5 atom stereocenters. The van der Waals surface area contributed by atoms with E-state index in [2.05, 4.69) is 5.32 Å². The van der Waals surface area contributed by atoms with E-state index in [0.29, 0.717) is 0 Å². The Labute approximate surface area is 221 Å². The number of nitrogens with zero attached hydrogens (tertiary/aromatic N) is 1. The maximum absolute atomic E-state index is 14.8. The van der Waals surface area contributed by atoms with Gasteiger partial charge in [0.05, 0.1) is 18.6 Å². The maximum Gasteiger partial charge on any atom is 0.314 e. The third-order valence-electron chi connectivity index (χ3n) is 8.25. The molecule has 2 aromatic rings. The molecule has 0 unspecified atom stereocenters. The van der Waals surface area contributed by atoms with Gasteiger partial charge in [-0.1, -0.05) is 49.3 Å². The lowest BCUT2D eigenvalue weighted by molar-refractivity contribution is -0.163. The number of amides is 2. The number of ether oxygens (including phenoxy) is 2. The molecule has 2 aromatic carbocycles. The second kappa shape index (κ2) is 9.34. The fourth-order valence-corrected chi connectivity index (χ4v) is 6.58. The number of halogens is 1. The van der Waals surface area contributed by atoms with E-state index in [1.54, 1.807) is 17.0 Å². The summed E-state index contributed by atoms with van der Waals surface area (Å²) in [6.07, 6.45) is 5.23. The third-order valence-corrected chi connectivity index (χ3v) is 8.25. The average Bonchev–Trinajstić information content (AvgIpc) is 3.65. The van der Waals surface area contributed by atoms with Gasteiger partial charge in [-0.15, -0.1) is 0 Å². The molecule has 1 spiro atoms. The Morgan fingerprint density at radius 2 is 1.84 bits per heavy atom. The first-order valence-electron chi connectivity index (χ1n) is 13.3. The molecule has 198 valence electrons. The zero-order chi connectivity index (χ0) is 26.6. The molecule has 3 fully saturated rings. The number of carbonyl (C=O) groups is 3. The lowest BCUT2D eigenvalue weighted by atomic mass is 9.77. The van der Waals surface area contributed by atoms with Crippen molar-refractivity contribution >= 4 is 23.5 Å². The standard InChI is InChI=1S/C30H31FN2O5/c1-17-13-18(2)15-20(14-17)33-16-30-12-11-23(38-30)24(25(30)28(33)35)29(36)37-26(21-9-5-6-10-22(21)31)27(34)32-19-7-3-4-8-19/h5-6,9-15,19,23-26H,3-4,7-8,16H2,1-2H3,(H,32,34)/t23-,24+,25-,26-,30-/m1/s1. The molecule has 1 aliphatic carbocycles. The summed E-state index contributed by atoms with van der Waals surface area (Å²) < 4.78 is 26.8. The van der Waals surface area contributed by atoms with Crippen LogP contribution in [0.15, 0.2) is 54.6 Å². The second-order valence-electron chi connectivity index (χ2n) is 11.0. The number of esters is 1. The third kappa shape index (κ3) is 4.11. The number of nitrogens with one attached hydrogen (secondary N) is 1. The molecule has 4 aliphatic rings. The van der Waals surface area contributed by atoms with E-state index in [0.717, 1.165) is 42.5 Å². The zero-order valence-electron chi connectivity index (χ0n) is 21.5. The summed E-state index contributed by atoms with van der Waals surface area (Å²) >= 11 is 0. The van der Waals surface area contributed by atoms with Gasteiger partial charge in [0.2, 0.25) is 12.0 Å². The molecule has 8 heteroatoms. The summed E-state index contributed by atoms with van der Waals surface area (Å²) in [5, 5.41) is 2.92. The number of benzene rings is 2. The fourth-order valence-electron chi connectivity index (χ4n) is 6.58. The number of hydrogen-bond acceptors (Lipinski definition) is 5. The Bertz CT molecular complexity index is 1320. The quantitative estimate of drug-likeness (QED) is 0.460. The molecule has 2 bridgehead atoms. The van der Waals surface area contributed by atoms with Gasteiger partial charge in [0.1, 0.15) is 17.3 Å². The van der Waals surface area contributed by atoms with Crippen molar-refractivity contribution in [2.75, 3.05) is 11.4 Å². The van der Waals surface area contributed by atoms with Crippen LogP contribution in [0.25, 0.3) is 0 Å². The average molecular weight is 519 g/mol. The van der Waals surface area contributed by atoms with E-state index < -0.39 is 47.3 Å². The number of fused-ring (bicyclic) bond motifs is 1. The largest absolute Gasteiger partial charge is 0.447 e. The number of rotatable bonds is 6. The molecule has 2 saturated heterocycles. The number of aryl methyl sites for hydroxylation is 2. The van der Waals surface area contributed by atoms with Gasteiger partial charge in [0.25, 0.3) is 5.91 Å². The minimum Gasteiger partial charge on any atom is -0.447 e. The van der Waals surface area contributed by atoms with Gasteiger partial charge in [0.15, 0.2) is 0 Å². The predicted octanol–water partition coefficient (Wildman–Crippen LogP) is 4.07. The fraction of sp³-hybridized carbons (Fsp3) is 0.433. The molecule has 38 heavy (non-hydrogen) atoms. The van der Waals surface area contributed by atoms with Crippen LogP contribution in [0.5, 0.6) is 0 Å². The molecule has 1 saturated carbocycles. The Morgan fingerprint density at radius 1 is 1.13 bits per heavy atom. The van der Waals surface area contributed by atoms with Gasteiger partial charge in [-0.2, -0.15) is 0 Å². The van der Waals surface area contributed by atoms with Crippen LogP contribution >= 0.6 is 0 Å². The van der Waals surface area contributed by atoms with Crippen molar-refractivity contribution in [3.05, 3.63) is 77.1 Å². The first kappa shape index (κ1) is 24.8. The summed E-state index contributed by atoms with van der Waals surface area (Å²) in [4.78, 5) is 42.4. The van der Waals surface area contributed by atoms with Crippen molar-refractivity contribution < 1.29 is 28.2 Å². The second-order valence-corrected chi connectivity index (χ2v) is 11.0. The normalized spacial score (nSPS) is 28.6. The van der Waals surface area contributed by atoms with Gasteiger partial charge >= 0.3 is 5.97 Å². The van der Waals surface area contributed by atoms with Crippen LogP contribution in [-0.2, 0) is 23.9 Å². The van der Waals surface area contributed by atoms with E-state index in [4.69, 9.17) is 9.47 Å². The van der Waals surface area contributed by atoms with Crippen molar-refractivity contribution in [1.82, 2.24) is 5.32 Å². The highest BCUT2D eigenvalue weighted by Crippen LogP contribution is 2.53. The maximum atomic E-state index is 14.8. The van der Waals surface area contributed by atoms with Gasteiger partial charge < -0.3 is 19.7 Å². The molecule has 1 N–H and O–H groups in total. The molecule has 7 nitrogen and oxygen atoms in total. The van der Waals surface area contributed by atoms with Crippen molar-refractivity contribution in [3.8, 4) is 0 Å². The molecular weight excluding hydrogens is 487 g/mol. The molecule has 0 aromatic heterocycles. The summed E-state index contributed by atoms with van der Waals surface area (Å²) in [5.41, 5.74) is 1.85. The Kier molecular flexibility index (Phi) is 6.10. The lowest BCUT2D eigenvalue weighted by Crippen LogP contribution is -2.43. The van der Waals surface area contributed by atoms with Crippen LogP contribution in [0.2, 0.25) is 0 Å². The van der Waals surface area contributed by atoms with Crippen molar-refractivity contribution in [3.63, 3.8) is 0 Å². The van der Waals surface area contributed by atoms with Gasteiger partial charge in [-0.25, -0.2) is 4.39 Å². The SMILES string of the molecule is Cc1cc(C)cc(N2C[C@@]34C=C[C@@H](O3)[C@H](C(=O)O[C@@H](C(=O)NC3CCCC3)c3ccccc3F)[C@@H]4C2=O)c1. The number of carbonyl (C=O) groups excluding carboxylic acids is 3. The van der Waals surface area contributed by atoms with E-state index in [9.17, 15) is 18.8 Å². The smallest absolute Gasteiger partial charge is 0.314 e. The first-order chi connectivity index (χ1) is 18.3. The molecule has 2 amide bonds. The minimum absolute atomic E-state index is 0.0136. The molecular formula is C30H31FN2O5. The summed E-state index contributed by atoms with van der Waals surface area (Å²) in [5.74, 6) is -3.87. The molecule has 6 rings (SSSR count). The van der Waals surface area contributed by atoms with Crippen LogP contribution in [0.1, 0.15) is 48.5 Å². The summed E-state index contributed by atoms with van der Waals surface area (Å²) in [7, 11) is 0. The van der Waals surface area contributed by atoms with Crippen LogP contribution in [-0.4, -0.2) is 42.1 Å². The van der Waals surface area contributed by atoms with E-state index in [-0.39, 0.29) is 24.1 Å². The summed E-state index contributed by atoms with van der Waals surface area (Å²) in [6, 6.07) is 11.7.